The van der Waals surface area contributed by atoms with E-state index in [-0.39, 0.29) is 24.5 Å². The van der Waals surface area contributed by atoms with Crippen LogP contribution < -0.4 is 4.74 Å². The Morgan fingerprint density at radius 1 is 1.50 bits per heavy atom. The van der Waals surface area contributed by atoms with Crippen molar-refractivity contribution in [1.29, 1.82) is 5.26 Å². The molecule has 0 saturated heterocycles. The molecule has 5 heteroatoms. The van der Waals surface area contributed by atoms with Crippen LogP contribution in [0.1, 0.15) is 24.8 Å². The van der Waals surface area contributed by atoms with Crippen molar-refractivity contribution in [2.24, 2.45) is 5.92 Å². The lowest BCUT2D eigenvalue weighted by molar-refractivity contribution is -0.130. The lowest BCUT2D eigenvalue weighted by Gasteiger charge is -2.23. The first-order valence-corrected chi connectivity index (χ1v) is 7.61. The number of aliphatic hydroxyl groups is 1. The fourth-order valence-corrected chi connectivity index (χ4v) is 2.85. The maximum atomic E-state index is 12.3. The number of ether oxygens (including phenoxy) is 1. The van der Waals surface area contributed by atoms with Crippen molar-refractivity contribution in [1.82, 2.24) is 4.90 Å². The third-order valence-electron chi connectivity index (χ3n) is 4.11. The molecule has 5 nitrogen and oxygen atoms in total. The van der Waals surface area contributed by atoms with Crippen molar-refractivity contribution in [2.45, 2.75) is 31.8 Å². The Hall–Kier alpha value is -2.06. The van der Waals surface area contributed by atoms with E-state index in [2.05, 4.69) is 0 Å². The molecule has 1 aromatic rings. The van der Waals surface area contributed by atoms with E-state index in [0.717, 1.165) is 24.8 Å². The molecule has 1 aliphatic carbocycles. The van der Waals surface area contributed by atoms with Crippen LogP contribution in [0.3, 0.4) is 0 Å². The summed E-state index contributed by atoms with van der Waals surface area (Å²) < 4.78 is 5.24. The minimum absolute atomic E-state index is 0.00310. The molecule has 0 radical (unpaired) electrons. The SMILES string of the molecule is CN(CC1CCCC1O)C(=O)Cc1cccc(OCC#N)c1. The number of amides is 1. The molecular weight excluding hydrogens is 280 g/mol. The lowest BCUT2D eigenvalue weighted by atomic mass is 10.0. The molecule has 2 rings (SSSR count). The van der Waals surface area contributed by atoms with Crippen LogP contribution in [-0.4, -0.2) is 42.2 Å². The van der Waals surface area contributed by atoms with Crippen LogP contribution in [0.5, 0.6) is 5.75 Å². The summed E-state index contributed by atoms with van der Waals surface area (Å²) in [6.07, 6.45) is 2.87. The maximum Gasteiger partial charge on any atom is 0.226 e. The van der Waals surface area contributed by atoms with E-state index in [9.17, 15) is 9.90 Å². The maximum absolute atomic E-state index is 12.3. The fourth-order valence-electron chi connectivity index (χ4n) is 2.85. The number of carbonyl (C=O) groups is 1. The summed E-state index contributed by atoms with van der Waals surface area (Å²) in [5.74, 6) is 0.816. The summed E-state index contributed by atoms with van der Waals surface area (Å²) >= 11 is 0. The van der Waals surface area contributed by atoms with Gasteiger partial charge in [-0.1, -0.05) is 18.6 Å². The molecule has 1 amide bonds. The second-order valence-electron chi connectivity index (χ2n) is 5.80. The Labute approximate surface area is 131 Å². The average Bonchev–Trinajstić information content (AvgIpc) is 2.90. The molecule has 1 saturated carbocycles. The van der Waals surface area contributed by atoms with Gasteiger partial charge in [-0.15, -0.1) is 0 Å². The number of nitriles is 1. The quantitative estimate of drug-likeness (QED) is 0.869. The number of nitrogens with zero attached hydrogens (tertiary/aromatic N) is 2. The first kappa shape index (κ1) is 16.3. The molecule has 0 aromatic heterocycles. The molecule has 22 heavy (non-hydrogen) atoms. The highest BCUT2D eigenvalue weighted by Crippen LogP contribution is 2.26. The number of benzene rings is 1. The van der Waals surface area contributed by atoms with E-state index in [1.165, 1.54) is 0 Å². The summed E-state index contributed by atoms with van der Waals surface area (Å²) in [7, 11) is 1.78. The number of hydrogen-bond acceptors (Lipinski definition) is 4. The summed E-state index contributed by atoms with van der Waals surface area (Å²) in [5, 5.41) is 18.4. The fraction of sp³-hybridized carbons (Fsp3) is 0.529. The van der Waals surface area contributed by atoms with Crippen LogP contribution in [-0.2, 0) is 11.2 Å². The topological polar surface area (TPSA) is 73.6 Å². The molecule has 118 valence electrons. The zero-order chi connectivity index (χ0) is 15.9. The molecule has 0 bridgehead atoms. The molecule has 1 aromatic carbocycles. The van der Waals surface area contributed by atoms with Gasteiger partial charge >= 0.3 is 0 Å². The van der Waals surface area contributed by atoms with E-state index in [1.807, 2.05) is 18.2 Å². The van der Waals surface area contributed by atoms with Gasteiger partial charge in [-0.25, -0.2) is 0 Å². The van der Waals surface area contributed by atoms with Gasteiger partial charge in [0, 0.05) is 19.5 Å². The molecule has 1 N–H and O–H groups in total. The molecule has 2 unspecified atom stereocenters. The molecule has 1 aliphatic rings. The van der Waals surface area contributed by atoms with E-state index in [4.69, 9.17) is 10.00 Å². The normalized spacial score (nSPS) is 20.4. The van der Waals surface area contributed by atoms with Crippen LogP contribution >= 0.6 is 0 Å². The van der Waals surface area contributed by atoms with E-state index in [0.29, 0.717) is 18.7 Å². The largest absolute Gasteiger partial charge is 0.479 e. The number of hydrogen-bond donors (Lipinski definition) is 1. The van der Waals surface area contributed by atoms with Crippen LogP contribution in [0.15, 0.2) is 24.3 Å². The Balaban J connectivity index is 1.89. The smallest absolute Gasteiger partial charge is 0.226 e. The second-order valence-corrected chi connectivity index (χ2v) is 5.80. The van der Waals surface area contributed by atoms with Gasteiger partial charge in [0.05, 0.1) is 12.5 Å². The Morgan fingerprint density at radius 2 is 2.32 bits per heavy atom. The van der Waals surface area contributed by atoms with Crippen molar-refractivity contribution in [2.75, 3.05) is 20.2 Å². The van der Waals surface area contributed by atoms with E-state index in [1.54, 1.807) is 24.1 Å². The predicted molar refractivity (Wildman–Crippen MR) is 82.2 cm³/mol. The van der Waals surface area contributed by atoms with Crippen molar-refractivity contribution < 1.29 is 14.6 Å². The van der Waals surface area contributed by atoms with Gasteiger partial charge in [0.2, 0.25) is 5.91 Å². The van der Waals surface area contributed by atoms with Gasteiger partial charge in [-0.3, -0.25) is 4.79 Å². The van der Waals surface area contributed by atoms with Gasteiger partial charge in [0.25, 0.3) is 0 Å². The van der Waals surface area contributed by atoms with Crippen LogP contribution in [0.2, 0.25) is 0 Å². The van der Waals surface area contributed by atoms with Gasteiger partial charge < -0.3 is 14.7 Å². The molecular formula is C17H22N2O3. The average molecular weight is 302 g/mol. The zero-order valence-corrected chi connectivity index (χ0v) is 12.9. The highest BCUT2D eigenvalue weighted by molar-refractivity contribution is 5.78. The number of rotatable bonds is 6. The Bertz CT molecular complexity index is 553. The van der Waals surface area contributed by atoms with Crippen LogP contribution in [0, 0.1) is 17.2 Å². The van der Waals surface area contributed by atoms with Crippen molar-refractivity contribution in [3.63, 3.8) is 0 Å². The molecule has 1 fully saturated rings. The zero-order valence-electron chi connectivity index (χ0n) is 12.9. The molecule has 2 atom stereocenters. The number of aliphatic hydroxyl groups excluding tert-OH is 1. The summed E-state index contributed by atoms with van der Waals surface area (Å²) in [6, 6.07) is 9.16. The minimum Gasteiger partial charge on any atom is -0.479 e. The summed E-state index contributed by atoms with van der Waals surface area (Å²) in [5.41, 5.74) is 0.860. The predicted octanol–water partition coefficient (Wildman–Crippen LogP) is 1.75. The Kier molecular flexibility index (Phi) is 5.79. The van der Waals surface area contributed by atoms with Crippen LogP contribution in [0.25, 0.3) is 0 Å². The van der Waals surface area contributed by atoms with Gasteiger partial charge in [0.1, 0.15) is 11.8 Å². The standard InChI is InChI=1S/C17H22N2O3/c1-19(12-14-5-3-7-16(14)20)17(21)11-13-4-2-6-15(10-13)22-9-8-18/h2,4,6,10,14,16,20H,3,5,7,9,11-12H2,1H3. The van der Waals surface area contributed by atoms with E-state index >= 15 is 0 Å². The van der Waals surface area contributed by atoms with Crippen molar-refractivity contribution in [3.8, 4) is 11.8 Å². The van der Waals surface area contributed by atoms with Gasteiger partial charge in [0.15, 0.2) is 6.61 Å². The first-order chi connectivity index (χ1) is 10.6. The van der Waals surface area contributed by atoms with Crippen molar-refractivity contribution >= 4 is 5.91 Å². The molecule has 0 spiro atoms. The van der Waals surface area contributed by atoms with E-state index < -0.39 is 0 Å². The van der Waals surface area contributed by atoms with Crippen molar-refractivity contribution in [3.05, 3.63) is 29.8 Å². The third-order valence-corrected chi connectivity index (χ3v) is 4.11. The minimum atomic E-state index is -0.280. The highest BCUT2D eigenvalue weighted by atomic mass is 16.5. The van der Waals surface area contributed by atoms with Gasteiger partial charge in [-0.05, 0) is 30.5 Å². The Morgan fingerprint density at radius 3 is 3.00 bits per heavy atom. The molecule has 0 aliphatic heterocycles. The number of likely N-dealkylation sites (N-methyl/N-ethyl adjacent to an activating group) is 1. The lowest BCUT2D eigenvalue weighted by Crippen LogP contribution is -2.35. The third kappa shape index (κ3) is 4.47. The first-order valence-electron chi connectivity index (χ1n) is 7.61. The second kappa shape index (κ2) is 7.81. The number of carbonyl (C=O) groups excluding carboxylic acids is 1. The molecule has 0 heterocycles. The summed E-state index contributed by atoms with van der Waals surface area (Å²) in [6.45, 7) is 0.599. The summed E-state index contributed by atoms with van der Waals surface area (Å²) in [4.78, 5) is 14.0. The monoisotopic (exact) mass is 302 g/mol. The van der Waals surface area contributed by atoms with Crippen LogP contribution in [0.4, 0.5) is 0 Å². The van der Waals surface area contributed by atoms with Gasteiger partial charge in [-0.2, -0.15) is 5.26 Å². The highest BCUT2D eigenvalue weighted by Gasteiger charge is 2.27.